The van der Waals surface area contributed by atoms with Crippen molar-refractivity contribution in [2.24, 2.45) is 5.92 Å². The van der Waals surface area contributed by atoms with Gasteiger partial charge < -0.3 is 10.2 Å². The zero-order valence-corrected chi connectivity index (χ0v) is 18.4. The summed E-state index contributed by atoms with van der Waals surface area (Å²) in [4.78, 5) is 37.8. The van der Waals surface area contributed by atoms with Crippen LogP contribution in [0.2, 0.25) is 0 Å². The maximum atomic E-state index is 13.1. The number of carboxylic acid groups (broad SMARTS) is 1. The van der Waals surface area contributed by atoms with E-state index in [1.54, 1.807) is 36.4 Å². The lowest BCUT2D eigenvalue weighted by molar-refractivity contribution is -0.146. The molecule has 0 aromatic heterocycles. The van der Waals surface area contributed by atoms with Gasteiger partial charge in [-0.1, -0.05) is 48.5 Å². The molecule has 0 aliphatic carbocycles. The molecule has 0 saturated carbocycles. The molecule has 0 fully saturated rings. The van der Waals surface area contributed by atoms with Crippen LogP contribution in [0.3, 0.4) is 0 Å². The second-order valence-electron chi connectivity index (χ2n) is 8.35. The summed E-state index contributed by atoms with van der Waals surface area (Å²) in [6, 6.07) is 20.2. The molecule has 1 aliphatic heterocycles. The Kier molecular flexibility index (Phi) is 6.84. The summed E-state index contributed by atoms with van der Waals surface area (Å²) in [5.74, 6) is -3.47. The third kappa shape index (κ3) is 4.89. The Labute approximate surface area is 196 Å². The minimum absolute atomic E-state index is 0.0362. The lowest BCUT2D eigenvalue weighted by atomic mass is 9.93. The van der Waals surface area contributed by atoms with Gasteiger partial charge in [-0.2, -0.15) is 0 Å². The molecule has 1 heterocycles. The summed E-state index contributed by atoms with van der Waals surface area (Å²) in [5.41, 5.74) is 3.35. The first-order valence-corrected chi connectivity index (χ1v) is 11.1. The maximum absolute atomic E-state index is 13.1. The minimum atomic E-state index is -1.17. The van der Waals surface area contributed by atoms with Crippen molar-refractivity contribution in [3.63, 3.8) is 0 Å². The van der Waals surface area contributed by atoms with Crippen molar-refractivity contribution in [1.29, 1.82) is 0 Å². The number of carbonyl (C=O) groups excluding carboxylic acids is 2. The third-order valence-electron chi connectivity index (χ3n) is 6.18. The number of nitrogens with zero attached hydrogens (tertiary/aromatic N) is 1. The van der Waals surface area contributed by atoms with Crippen LogP contribution in [0.1, 0.15) is 39.1 Å². The molecule has 3 aromatic rings. The van der Waals surface area contributed by atoms with Gasteiger partial charge in [0.1, 0.15) is 5.82 Å². The molecule has 3 aromatic carbocycles. The normalized spacial score (nSPS) is 14.7. The van der Waals surface area contributed by atoms with Crippen LogP contribution in [0.4, 0.5) is 4.39 Å². The first-order chi connectivity index (χ1) is 16.3. The van der Waals surface area contributed by atoms with Gasteiger partial charge in [-0.15, -0.1) is 0 Å². The highest BCUT2D eigenvalue weighted by molar-refractivity contribution is 6.21. The smallest absolute Gasteiger partial charge is 0.309 e. The molecular weight excluding hydrogens is 437 g/mol. The summed E-state index contributed by atoms with van der Waals surface area (Å²) in [7, 11) is 0. The van der Waals surface area contributed by atoms with Crippen molar-refractivity contribution >= 4 is 17.8 Å². The Hall–Kier alpha value is -3.84. The van der Waals surface area contributed by atoms with Gasteiger partial charge in [0.05, 0.1) is 23.1 Å². The molecule has 7 heteroatoms. The van der Waals surface area contributed by atoms with Gasteiger partial charge >= 0.3 is 5.97 Å². The van der Waals surface area contributed by atoms with Crippen LogP contribution >= 0.6 is 0 Å². The van der Waals surface area contributed by atoms with E-state index in [1.807, 2.05) is 24.3 Å². The van der Waals surface area contributed by atoms with Gasteiger partial charge in [-0.05, 0) is 60.2 Å². The molecule has 0 spiro atoms. The molecule has 0 radical (unpaired) electrons. The Bertz CT molecular complexity index is 1170. The lowest BCUT2D eigenvalue weighted by Gasteiger charge is -2.22. The molecule has 174 valence electrons. The van der Waals surface area contributed by atoms with E-state index < -0.39 is 29.8 Å². The monoisotopic (exact) mass is 461 g/mol. The summed E-state index contributed by atoms with van der Waals surface area (Å²) in [6.07, 6.45) is -0.494. The Balaban J connectivity index is 1.34. The first kappa shape index (κ1) is 23.3. The predicted octanol–water partition coefficient (Wildman–Crippen LogP) is 4.17. The minimum Gasteiger partial charge on any atom is -0.481 e. The number of aryl methyl sites for hydroxylation is 1. The van der Waals surface area contributed by atoms with Crippen LogP contribution in [0, 0.1) is 11.7 Å². The van der Waals surface area contributed by atoms with E-state index in [2.05, 4.69) is 0 Å². The van der Waals surface area contributed by atoms with Gasteiger partial charge in [-0.3, -0.25) is 19.3 Å². The number of halogens is 1. The fourth-order valence-corrected chi connectivity index (χ4v) is 4.21. The Morgan fingerprint density at radius 3 is 1.88 bits per heavy atom. The molecule has 0 saturated heterocycles. The molecule has 1 aliphatic rings. The van der Waals surface area contributed by atoms with Gasteiger partial charge in [0, 0.05) is 6.54 Å². The summed E-state index contributed by atoms with van der Waals surface area (Å²) in [5, 5.41) is 20.2. The van der Waals surface area contributed by atoms with Crippen LogP contribution in [0.25, 0.3) is 11.1 Å². The molecular formula is C27H24FNO5. The van der Waals surface area contributed by atoms with E-state index in [-0.39, 0.29) is 25.2 Å². The molecule has 2 unspecified atom stereocenters. The number of amides is 2. The van der Waals surface area contributed by atoms with E-state index in [1.165, 1.54) is 12.1 Å². The standard InChI is InChI=1S/C27H24FNO5/c28-20-12-10-19(11-13-20)18-8-5-17(6-9-18)7-14-24(30)23(27(33)34)15-16-29-25(31)21-3-1-2-4-22(21)26(29)32/h1-6,8-13,23-24,30H,7,14-16H2,(H,33,34). The van der Waals surface area contributed by atoms with Crippen molar-refractivity contribution < 1.29 is 29.0 Å². The van der Waals surface area contributed by atoms with Crippen molar-refractivity contribution in [3.05, 3.63) is 95.3 Å². The van der Waals surface area contributed by atoms with Gasteiger partial charge in [0.2, 0.25) is 0 Å². The van der Waals surface area contributed by atoms with Crippen molar-refractivity contribution in [2.75, 3.05) is 6.54 Å². The second kappa shape index (κ2) is 9.97. The molecule has 2 atom stereocenters. The number of fused-ring (bicyclic) bond motifs is 1. The molecule has 2 N–H and O–H groups in total. The zero-order chi connectivity index (χ0) is 24.2. The van der Waals surface area contributed by atoms with E-state index >= 15 is 0 Å². The third-order valence-corrected chi connectivity index (χ3v) is 6.18. The molecule has 4 rings (SSSR count). The van der Waals surface area contributed by atoms with Crippen LogP contribution in [0.5, 0.6) is 0 Å². The summed E-state index contributed by atoms with van der Waals surface area (Å²) < 4.78 is 13.1. The highest BCUT2D eigenvalue weighted by Crippen LogP contribution is 2.25. The maximum Gasteiger partial charge on any atom is 0.309 e. The number of rotatable bonds is 9. The summed E-state index contributed by atoms with van der Waals surface area (Å²) in [6.45, 7) is -0.0766. The van der Waals surface area contributed by atoms with Crippen LogP contribution in [-0.4, -0.2) is 45.5 Å². The quantitative estimate of drug-likeness (QED) is 0.467. The molecule has 6 nitrogen and oxygen atoms in total. The van der Waals surface area contributed by atoms with Crippen LogP contribution in [0.15, 0.2) is 72.8 Å². The first-order valence-electron chi connectivity index (χ1n) is 11.1. The number of carboxylic acids is 1. The van der Waals surface area contributed by atoms with E-state index in [4.69, 9.17) is 0 Å². The number of carbonyl (C=O) groups is 3. The average Bonchev–Trinajstić information content (AvgIpc) is 3.08. The molecule has 0 bridgehead atoms. The van der Waals surface area contributed by atoms with Gasteiger partial charge in [-0.25, -0.2) is 4.39 Å². The number of aliphatic carboxylic acids is 1. The largest absolute Gasteiger partial charge is 0.481 e. The summed E-state index contributed by atoms with van der Waals surface area (Å²) >= 11 is 0. The highest BCUT2D eigenvalue weighted by atomic mass is 19.1. The fraction of sp³-hybridized carbons (Fsp3) is 0.222. The zero-order valence-electron chi connectivity index (χ0n) is 18.4. The van der Waals surface area contributed by atoms with E-state index in [0.29, 0.717) is 17.5 Å². The van der Waals surface area contributed by atoms with Crippen molar-refractivity contribution in [1.82, 2.24) is 4.90 Å². The molecule has 2 amide bonds. The number of benzene rings is 3. The van der Waals surface area contributed by atoms with E-state index in [0.717, 1.165) is 21.6 Å². The number of imide groups is 1. The fourth-order valence-electron chi connectivity index (χ4n) is 4.21. The van der Waals surface area contributed by atoms with Crippen LogP contribution in [-0.2, 0) is 11.2 Å². The van der Waals surface area contributed by atoms with Gasteiger partial charge in [0.25, 0.3) is 11.8 Å². The van der Waals surface area contributed by atoms with E-state index in [9.17, 15) is 29.0 Å². The lowest BCUT2D eigenvalue weighted by Crippen LogP contribution is -2.36. The molecule has 34 heavy (non-hydrogen) atoms. The number of aliphatic hydroxyl groups is 1. The average molecular weight is 461 g/mol. The van der Waals surface area contributed by atoms with Crippen molar-refractivity contribution in [3.8, 4) is 11.1 Å². The highest BCUT2D eigenvalue weighted by Gasteiger charge is 2.36. The van der Waals surface area contributed by atoms with Crippen molar-refractivity contribution in [2.45, 2.75) is 25.4 Å². The topological polar surface area (TPSA) is 94.9 Å². The predicted molar refractivity (Wildman–Crippen MR) is 124 cm³/mol. The second-order valence-corrected chi connectivity index (χ2v) is 8.35. The SMILES string of the molecule is O=C(O)C(CCN1C(=O)c2ccccc2C1=O)C(O)CCc1ccc(-c2ccc(F)cc2)cc1. The number of hydrogen-bond donors (Lipinski definition) is 2. The van der Waals surface area contributed by atoms with Gasteiger partial charge in [0.15, 0.2) is 0 Å². The van der Waals surface area contributed by atoms with Crippen LogP contribution < -0.4 is 0 Å². The number of hydrogen-bond acceptors (Lipinski definition) is 4. The Morgan fingerprint density at radius 1 is 0.824 bits per heavy atom. The number of aliphatic hydroxyl groups excluding tert-OH is 1. The Morgan fingerprint density at radius 2 is 1.35 bits per heavy atom.